The summed E-state index contributed by atoms with van der Waals surface area (Å²) in [4.78, 5) is 4.08. The van der Waals surface area contributed by atoms with Crippen LogP contribution in [0.2, 0.25) is 5.15 Å². The summed E-state index contributed by atoms with van der Waals surface area (Å²) in [6, 6.07) is 11.9. The number of para-hydroxylation sites is 1. The van der Waals surface area contributed by atoms with Gasteiger partial charge in [0.2, 0.25) is 0 Å². The van der Waals surface area contributed by atoms with Gasteiger partial charge in [-0.1, -0.05) is 29.8 Å². The van der Waals surface area contributed by atoms with Gasteiger partial charge in [0.25, 0.3) is 0 Å². The van der Waals surface area contributed by atoms with Gasteiger partial charge in [-0.25, -0.2) is 9.67 Å². The molecule has 2 aromatic heterocycles. The van der Waals surface area contributed by atoms with Crippen molar-refractivity contribution < 1.29 is 0 Å². The van der Waals surface area contributed by atoms with E-state index in [0.29, 0.717) is 11.7 Å². The predicted octanol–water partition coefficient (Wildman–Crippen LogP) is 4.30. The topological polar surface area (TPSA) is 42.7 Å². The van der Waals surface area contributed by atoms with Gasteiger partial charge < -0.3 is 5.32 Å². The third-order valence-corrected chi connectivity index (χ3v) is 4.08. The van der Waals surface area contributed by atoms with Gasteiger partial charge in [0, 0.05) is 18.3 Å². The monoisotopic (exact) mass is 362 g/mol. The van der Waals surface area contributed by atoms with Crippen LogP contribution >= 0.6 is 27.5 Å². The predicted molar refractivity (Wildman–Crippen MR) is 87.8 cm³/mol. The smallest absolute Gasteiger partial charge is 0.143 e. The molecule has 21 heavy (non-hydrogen) atoms. The maximum atomic E-state index is 5.87. The number of nitrogens with zero attached hydrogens (tertiary/aromatic N) is 3. The van der Waals surface area contributed by atoms with E-state index in [0.717, 1.165) is 21.4 Å². The fourth-order valence-electron chi connectivity index (χ4n) is 1.90. The Morgan fingerprint density at radius 2 is 2.00 bits per heavy atom. The lowest BCUT2D eigenvalue weighted by Gasteiger charge is -2.05. The van der Waals surface area contributed by atoms with Crippen LogP contribution in [0.5, 0.6) is 0 Å². The fraction of sp³-hybridized carbons (Fsp3) is 0.0667. The lowest BCUT2D eigenvalue weighted by atomic mass is 10.3. The van der Waals surface area contributed by atoms with Crippen LogP contribution in [0, 0.1) is 0 Å². The van der Waals surface area contributed by atoms with Gasteiger partial charge in [-0.2, -0.15) is 5.10 Å². The van der Waals surface area contributed by atoms with Crippen LogP contribution in [-0.2, 0) is 6.54 Å². The van der Waals surface area contributed by atoms with E-state index in [1.807, 2.05) is 53.5 Å². The number of aromatic nitrogens is 3. The minimum atomic E-state index is 0.456. The fourth-order valence-corrected chi connectivity index (χ4v) is 2.35. The average Bonchev–Trinajstić information content (AvgIpc) is 2.98. The Hall–Kier alpha value is -1.85. The van der Waals surface area contributed by atoms with Crippen molar-refractivity contribution in [1.29, 1.82) is 0 Å². The van der Waals surface area contributed by atoms with Crippen LogP contribution in [0.1, 0.15) is 5.56 Å². The maximum absolute atomic E-state index is 5.87. The standard InChI is InChI=1S/C15H12BrClN4/c16-14-6-12(9-19-15(14)17)18-7-11-8-20-21(10-11)13-4-2-1-3-5-13/h1-6,8-10,18H,7H2. The molecular formula is C15H12BrClN4. The van der Waals surface area contributed by atoms with Crippen LogP contribution in [0.4, 0.5) is 5.69 Å². The molecule has 1 aromatic carbocycles. The third kappa shape index (κ3) is 3.43. The second kappa shape index (κ2) is 6.28. The number of halogens is 2. The normalized spacial score (nSPS) is 10.6. The van der Waals surface area contributed by atoms with E-state index in [2.05, 4.69) is 31.3 Å². The molecule has 2 heterocycles. The number of pyridine rings is 1. The molecule has 0 saturated heterocycles. The highest BCUT2D eigenvalue weighted by Gasteiger charge is 2.03. The number of benzene rings is 1. The molecule has 6 heteroatoms. The van der Waals surface area contributed by atoms with Gasteiger partial charge in [0.05, 0.1) is 28.2 Å². The van der Waals surface area contributed by atoms with Gasteiger partial charge in [-0.05, 0) is 34.1 Å². The molecule has 0 amide bonds. The Kier molecular flexibility index (Phi) is 4.22. The van der Waals surface area contributed by atoms with E-state index >= 15 is 0 Å². The first kappa shape index (κ1) is 14.1. The number of hydrogen-bond acceptors (Lipinski definition) is 3. The zero-order valence-corrected chi connectivity index (χ0v) is 13.3. The van der Waals surface area contributed by atoms with Crippen LogP contribution < -0.4 is 5.32 Å². The lowest BCUT2D eigenvalue weighted by Crippen LogP contribution is -1.99. The molecule has 0 spiro atoms. The highest BCUT2D eigenvalue weighted by Crippen LogP contribution is 2.23. The molecule has 3 aromatic rings. The molecule has 0 radical (unpaired) electrons. The minimum absolute atomic E-state index is 0.456. The lowest BCUT2D eigenvalue weighted by molar-refractivity contribution is 0.880. The number of hydrogen-bond donors (Lipinski definition) is 1. The summed E-state index contributed by atoms with van der Waals surface area (Å²) in [6.07, 6.45) is 5.55. The van der Waals surface area contributed by atoms with E-state index < -0.39 is 0 Å². The third-order valence-electron chi connectivity index (χ3n) is 2.95. The Morgan fingerprint density at radius 3 is 2.76 bits per heavy atom. The van der Waals surface area contributed by atoms with Crippen LogP contribution in [-0.4, -0.2) is 14.8 Å². The number of nitrogens with one attached hydrogen (secondary N) is 1. The van der Waals surface area contributed by atoms with E-state index in [-0.39, 0.29) is 0 Å². The van der Waals surface area contributed by atoms with E-state index in [1.165, 1.54) is 0 Å². The Bertz CT molecular complexity index is 742. The molecule has 0 aliphatic heterocycles. The zero-order valence-electron chi connectivity index (χ0n) is 11.0. The highest BCUT2D eigenvalue weighted by molar-refractivity contribution is 9.10. The van der Waals surface area contributed by atoms with Crippen molar-refractivity contribution >= 4 is 33.2 Å². The van der Waals surface area contributed by atoms with Crippen molar-refractivity contribution in [2.45, 2.75) is 6.54 Å². The Morgan fingerprint density at radius 1 is 1.19 bits per heavy atom. The molecule has 0 fully saturated rings. The number of anilines is 1. The SMILES string of the molecule is Clc1ncc(NCc2cnn(-c3ccccc3)c2)cc1Br. The maximum Gasteiger partial charge on any atom is 0.143 e. The van der Waals surface area contributed by atoms with Crippen LogP contribution in [0.25, 0.3) is 5.69 Å². The summed E-state index contributed by atoms with van der Waals surface area (Å²) in [6.45, 7) is 0.669. The summed E-state index contributed by atoms with van der Waals surface area (Å²) in [5, 5.41) is 8.11. The van der Waals surface area contributed by atoms with Crippen molar-refractivity contribution in [3.63, 3.8) is 0 Å². The van der Waals surface area contributed by atoms with E-state index in [4.69, 9.17) is 11.6 Å². The first-order valence-corrected chi connectivity index (χ1v) is 7.53. The zero-order chi connectivity index (χ0) is 14.7. The quantitative estimate of drug-likeness (QED) is 0.703. The average molecular weight is 364 g/mol. The largest absolute Gasteiger partial charge is 0.380 e. The Labute approximate surface area is 135 Å². The second-order valence-corrected chi connectivity index (χ2v) is 5.69. The summed E-state index contributed by atoms with van der Waals surface area (Å²) in [5.74, 6) is 0. The molecule has 0 unspecified atom stereocenters. The molecule has 0 aliphatic carbocycles. The molecule has 1 N–H and O–H groups in total. The summed E-state index contributed by atoms with van der Waals surface area (Å²) < 4.78 is 2.63. The molecule has 0 saturated carbocycles. The van der Waals surface area contributed by atoms with Crippen LogP contribution in [0.15, 0.2) is 59.5 Å². The molecule has 4 nitrogen and oxygen atoms in total. The molecule has 0 aliphatic rings. The first-order chi connectivity index (χ1) is 10.2. The van der Waals surface area contributed by atoms with Crippen molar-refractivity contribution in [3.05, 3.63) is 70.2 Å². The summed E-state index contributed by atoms with van der Waals surface area (Å²) >= 11 is 9.23. The Balaban J connectivity index is 1.69. The van der Waals surface area contributed by atoms with Gasteiger partial charge in [-0.3, -0.25) is 0 Å². The van der Waals surface area contributed by atoms with Gasteiger partial charge in [0.1, 0.15) is 5.15 Å². The van der Waals surface area contributed by atoms with Gasteiger partial charge >= 0.3 is 0 Å². The van der Waals surface area contributed by atoms with Crippen molar-refractivity contribution in [1.82, 2.24) is 14.8 Å². The van der Waals surface area contributed by atoms with Crippen molar-refractivity contribution in [2.24, 2.45) is 0 Å². The van der Waals surface area contributed by atoms with Crippen LogP contribution in [0.3, 0.4) is 0 Å². The number of rotatable bonds is 4. The van der Waals surface area contributed by atoms with E-state index in [9.17, 15) is 0 Å². The first-order valence-electron chi connectivity index (χ1n) is 6.36. The molecule has 3 rings (SSSR count). The molecule has 106 valence electrons. The summed E-state index contributed by atoms with van der Waals surface area (Å²) in [5.41, 5.74) is 3.03. The second-order valence-electron chi connectivity index (χ2n) is 4.48. The molecule has 0 bridgehead atoms. The summed E-state index contributed by atoms with van der Waals surface area (Å²) in [7, 11) is 0. The minimum Gasteiger partial charge on any atom is -0.380 e. The van der Waals surface area contributed by atoms with Crippen molar-refractivity contribution in [3.8, 4) is 5.69 Å². The van der Waals surface area contributed by atoms with Crippen molar-refractivity contribution in [2.75, 3.05) is 5.32 Å². The highest BCUT2D eigenvalue weighted by atomic mass is 79.9. The molecular weight excluding hydrogens is 352 g/mol. The van der Waals surface area contributed by atoms with Gasteiger partial charge in [0.15, 0.2) is 0 Å². The van der Waals surface area contributed by atoms with E-state index in [1.54, 1.807) is 6.20 Å². The van der Waals surface area contributed by atoms with Gasteiger partial charge in [-0.15, -0.1) is 0 Å². The molecule has 0 atom stereocenters.